The normalized spacial score (nSPS) is 18.8. The molecule has 1 fully saturated rings. The van der Waals surface area contributed by atoms with Crippen LogP contribution in [0.25, 0.3) is 0 Å². The van der Waals surface area contributed by atoms with Crippen molar-refractivity contribution in [3.8, 4) is 0 Å². The van der Waals surface area contributed by atoms with Gasteiger partial charge in [0.05, 0.1) is 30.1 Å². The topological polar surface area (TPSA) is 59.1 Å². The van der Waals surface area contributed by atoms with Crippen molar-refractivity contribution in [3.63, 3.8) is 0 Å². The Hall–Kier alpha value is -1.69. The first-order valence-electron chi connectivity index (χ1n) is 6.48. The number of rotatable bonds is 3. The lowest BCUT2D eigenvalue weighted by atomic mass is 10.1. The molecule has 104 valence electrons. The lowest BCUT2D eigenvalue weighted by Crippen LogP contribution is -2.33. The number of nitrogens with one attached hydrogen (secondary N) is 2. The molecule has 20 heavy (non-hydrogen) atoms. The van der Waals surface area contributed by atoms with Crippen LogP contribution in [0, 0.1) is 0 Å². The summed E-state index contributed by atoms with van der Waals surface area (Å²) in [5, 5.41) is 6.97. The molecule has 1 aromatic heterocycles. The smallest absolute Gasteiger partial charge is 0.227 e. The van der Waals surface area contributed by atoms with Crippen molar-refractivity contribution in [2.24, 2.45) is 0 Å². The molecule has 5 nitrogen and oxygen atoms in total. The summed E-state index contributed by atoms with van der Waals surface area (Å²) in [6.07, 6.45) is 3.25. The van der Waals surface area contributed by atoms with E-state index in [9.17, 15) is 0 Å². The van der Waals surface area contributed by atoms with Crippen LogP contribution in [0.1, 0.15) is 11.7 Å². The Labute approximate surface area is 122 Å². The number of morpholine rings is 1. The van der Waals surface area contributed by atoms with E-state index in [0.29, 0.717) is 11.0 Å². The summed E-state index contributed by atoms with van der Waals surface area (Å²) in [6.45, 7) is 2.53. The number of halogens is 1. The fourth-order valence-electron chi connectivity index (χ4n) is 2.07. The van der Waals surface area contributed by atoms with Gasteiger partial charge in [-0.3, -0.25) is 0 Å². The van der Waals surface area contributed by atoms with Crippen LogP contribution in [0.3, 0.4) is 0 Å². The Kier molecular flexibility index (Phi) is 4.11. The van der Waals surface area contributed by atoms with E-state index >= 15 is 0 Å². The van der Waals surface area contributed by atoms with E-state index in [2.05, 4.69) is 32.7 Å². The van der Waals surface area contributed by atoms with E-state index in [1.807, 2.05) is 12.1 Å². The molecule has 2 aromatic rings. The third-order valence-corrected chi connectivity index (χ3v) is 3.28. The van der Waals surface area contributed by atoms with Crippen LogP contribution in [0.5, 0.6) is 0 Å². The molecule has 2 N–H and O–H groups in total. The molecule has 0 saturated carbocycles. The number of benzene rings is 1. The van der Waals surface area contributed by atoms with Gasteiger partial charge in [0.1, 0.15) is 0 Å². The molecule has 0 bridgehead atoms. The van der Waals surface area contributed by atoms with E-state index < -0.39 is 0 Å². The first-order chi connectivity index (χ1) is 9.81. The van der Waals surface area contributed by atoms with Crippen LogP contribution in [-0.4, -0.2) is 29.7 Å². The highest BCUT2D eigenvalue weighted by molar-refractivity contribution is 6.30. The molecule has 1 aliphatic rings. The number of ether oxygens (including phenoxy) is 1. The standard InChI is InChI=1S/C14H15ClN4O/c15-11-7-17-14(18-8-11)19-12-3-1-10(2-4-12)13-9-16-5-6-20-13/h1-4,7-8,13,16H,5-6,9H2,(H,17,18,19)/t13-/m0/s1. The molecule has 1 aromatic carbocycles. The predicted octanol–water partition coefficient (Wildman–Crippen LogP) is 2.53. The van der Waals surface area contributed by atoms with Gasteiger partial charge in [0, 0.05) is 18.8 Å². The highest BCUT2D eigenvalue weighted by Crippen LogP contribution is 2.21. The fourth-order valence-corrected chi connectivity index (χ4v) is 2.16. The van der Waals surface area contributed by atoms with Crippen LogP contribution >= 0.6 is 11.6 Å². The third kappa shape index (κ3) is 3.25. The Morgan fingerprint density at radius 2 is 1.95 bits per heavy atom. The molecule has 0 unspecified atom stereocenters. The molecule has 1 saturated heterocycles. The van der Waals surface area contributed by atoms with Gasteiger partial charge in [-0.15, -0.1) is 0 Å². The van der Waals surface area contributed by atoms with Crippen LogP contribution in [0.2, 0.25) is 5.02 Å². The number of aromatic nitrogens is 2. The SMILES string of the molecule is Clc1cnc(Nc2ccc([C@@H]3CNCCO3)cc2)nc1. The van der Waals surface area contributed by atoms with Gasteiger partial charge >= 0.3 is 0 Å². The second-order valence-electron chi connectivity index (χ2n) is 4.54. The summed E-state index contributed by atoms with van der Waals surface area (Å²) in [4.78, 5) is 8.19. The van der Waals surface area contributed by atoms with Crippen LogP contribution in [0.4, 0.5) is 11.6 Å². The molecule has 3 rings (SSSR count). The number of anilines is 2. The summed E-state index contributed by atoms with van der Waals surface area (Å²) in [6, 6.07) is 8.09. The quantitative estimate of drug-likeness (QED) is 0.910. The van der Waals surface area contributed by atoms with Gasteiger partial charge in [0.2, 0.25) is 5.95 Å². The van der Waals surface area contributed by atoms with Gasteiger partial charge in [-0.25, -0.2) is 9.97 Å². The van der Waals surface area contributed by atoms with Gasteiger partial charge in [-0.1, -0.05) is 23.7 Å². The number of hydrogen-bond donors (Lipinski definition) is 2. The van der Waals surface area contributed by atoms with Gasteiger partial charge < -0.3 is 15.4 Å². The van der Waals surface area contributed by atoms with Gasteiger partial charge in [-0.2, -0.15) is 0 Å². The van der Waals surface area contributed by atoms with Gasteiger partial charge in [-0.05, 0) is 17.7 Å². The summed E-state index contributed by atoms with van der Waals surface area (Å²) < 4.78 is 5.71. The Morgan fingerprint density at radius 1 is 1.20 bits per heavy atom. The highest BCUT2D eigenvalue weighted by Gasteiger charge is 2.15. The van der Waals surface area contributed by atoms with E-state index in [1.165, 1.54) is 5.56 Å². The van der Waals surface area contributed by atoms with Crippen molar-refractivity contribution in [1.29, 1.82) is 0 Å². The monoisotopic (exact) mass is 290 g/mol. The minimum absolute atomic E-state index is 0.129. The second-order valence-corrected chi connectivity index (χ2v) is 4.97. The van der Waals surface area contributed by atoms with Crippen molar-refractivity contribution in [3.05, 3.63) is 47.2 Å². The summed E-state index contributed by atoms with van der Waals surface area (Å²) in [5.41, 5.74) is 2.10. The second kappa shape index (κ2) is 6.17. The summed E-state index contributed by atoms with van der Waals surface area (Å²) in [5.74, 6) is 0.526. The maximum atomic E-state index is 5.75. The van der Waals surface area contributed by atoms with Crippen molar-refractivity contribution in [2.75, 3.05) is 25.0 Å². The zero-order valence-corrected chi connectivity index (χ0v) is 11.6. The van der Waals surface area contributed by atoms with Crippen molar-refractivity contribution in [2.45, 2.75) is 6.10 Å². The predicted molar refractivity (Wildman–Crippen MR) is 78.3 cm³/mol. The molecule has 0 amide bonds. The molecule has 0 aliphatic carbocycles. The highest BCUT2D eigenvalue weighted by atomic mass is 35.5. The van der Waals surface area contributed by atoms with E-state index in [0.717, 1.165) is 25.4 Å². The van der Waals surface area contributed by atoms with Gasteiger partial charge in [0.15, 0.2) is 0 Å². The molecular formula is C14H15ClN4O. The minimum Gasteiger partial charge on any atom is -0.371 e. The van der Waals surface area contributed by atoms with Crippen molar-refractivity contribution >= 4 is 23.2 Å². The Bertz CT molecular complexity index is 552. The minimum atomic E-state index is 0.129. The first-order valence-corrected chi connectivity index (χ1v) is 6.86. The lowest BCUT2D eigenvalue weighted by molar-refractivity contribution is 0.0277. The number of nitrogens with zero attached hydrogens (tertiary/aromatic N) is 2. The molecular weight excluding hydrogens is 276 g/mol. The van der Waals surface area contributed by atoms with Crippen LogP contribution < -0.4 is 10.6 Å². The Balaban J connectivity index is 1.67. The maximum Gasteiger partial charge on any atom is 0.227 e. The molecule has 1 aliphatic heterocycles. The van der Waals surface area contributed by atoms with E-state index in [-0.39, 0.29) is 6.10 Å². The number of hydrogen-bond acceptors (Lipinski definition) is 5. The Morgan fingerprint density at radius 3 is 2.60 bits per heavy atom. The first kappa shape index (κ1) is 13.3. The largest absolute Gasteiger partial charge is 0.371 e. The van der Waals surface area contributed by atoms with Crippen molar-refractivity contribution < 1.29 is 4.74 Å². The molecule has 1 atom stereocenters. The fraction of sp³-hybridized carbons (Fsp3) is 0.286. The third-order valence-electron chi connectivity index (χ3n) is 3.09. The lowest BCUT2D eigenvalue weighted by Gasteiger charge is -2.24. The molecule has 0 radical (unpaired) electrons. The maximum absolute atomic E-state index is 5.75. The summed E-state index contributed by atoms with van der Waals surface area (Å²) >= 11 is 5.75. The molecule has 2 heterocycles. The summed E-state index contributed by atoms with van der Waals surface area (Å²) in [7, 11) is 0. The van der Waals surface area contributed by atoms with Gasteiger partial charge in [0.25, 0.3) is 0 Å². The van der Waals surface area contributed by atoms with E-state index in [4.69, 9.17) is 16.3 Å². The van der Waals surface area contributed by atoms with Crippen LogP contribution in [-0.2, 0) is 4.74 Å². The van der Waals surface area contributed by atoms with E-state index in [1.54, 1.807) is 12.4 Å². The molecule has 0 spiro atoms. The average Bonchev–Trinajstić information content (AvgIpc) is 2.51. The van der Waals surface area contributed by atoms with Crippen LogP contribution in [0.15, 0.2) is 36.7 Å². The zero-order chi connectivity index (χ0) is 13.8. The average molecular weight is 291 g/mol. The molecule has 6 heteroatoms. The zero-order valence-electron chi connectivity index (χ0n) is 10.8. The van der Waals surface area contributed by atoms with Crippen molar-refractivity contribution in [1.82, 2.24) is 15.3 Å².